The predicted molar refractivity (Wildman–Crippen MR) is 73.0 cm³/mol. The average molecular weight is 274 g/mol. The summed E-state index contributed by atoms with van der Waals surface area (Å²) in [6.07, 6.45) is 1.41. The number of furan rings is 1. The Hall–Kier alpha value is -2.89. The molecule has 0 bridgehead atoms. The van der Waals surface area contributed by atoms with Gasteiger partial charge in [-0.15, -0.1) is 0 Å². The fraction of sp³-hybridized carbons (Fsp3) is 0.0714. The van der Waals surface area contributed by atoms with Crippen LogP contribution in [0.2, 0.25) is 0 Å². The lowest BCUT2D eigenvalue weighted by Gasteiger charge is -2.12. The van der Waals surface area contributed by atoms with Gasteiger partial charge in [-0.2, -0.15) is 0 Å². The number of ether oxygens (including phenoxy) is 1. The first-order chi connectivity index (χ1) is 9.61. The second-order valence-corrected chi connectivity index (χ2v) is 3.92. The van der Waals surface area contributed by atoms with E-state index in [1.807, 2.05) is 0 Å². The van der Waals surface area contributed by atoms with Crippen molar-refractivity contribution in [2.75, 3.05) is 7.11 Å². The molecule has 104 valence electrons. The maximum atomic E-state index is 11.6. The molecular formula is C14H14N2O4. The summed E-state index contributed by atoms with van der Waals surface area (Å²) < 4.78 is 9.95. The number of methoxy groups -OCH3 is 1. The molecule has 20 heavy (non-hydrogen) atoms. The van der Waals surface area contributed by atoms with Crippen LogP contribution in [-0.2, 0) is 0 Å². The molecule has 1 amide bonds. The second-order valence-electron chi connectivity index (χ2n) is 3.92. The van der Waals surface area contributed by atoms with Crippen LogP contribution in [0.4, 0.5) is 0 Å². The Labute approximate surface area is 115 Å². The van der Waals surface area contributed by atoms with Crippen LogP contribution in [0.25, 0.3) is 5.70 Å². The molecule has 0 fully saturated rings. The lowest BCUT2D eigenvalue weighted by molar-refractivity contribution is 0.0914. The summed E-state index contributed by atoms with van der Waals surface area (Å²) in [7, 11) is 1.45. The van der Waals surface area contributed by atoms with Gasteiger partial charge in [-0.05, 0) is 30.3 Å². The molecule has 1 heterocycles. The third kappa shape index (κ3) is 2.92. The number of rotatable bonds is 5. The Kier molecular flexibility index (Phi) is 3.95. The van der Waals surface area contributed by atoms with Gasteiger partial charge in [0.25, 0.3) is 0 Å². The molecule has 0 saturated heterocycles. The zero-order valence-electron chi connectivity index (χ0n) is 10.8. The highest BCUT2D eigenvalue weighted by molar-refractivity contribution is 5.91. The Morgan fingerprint density at radius 2 is 2.15 bits per heavy atom. The van der Waals surface area contributed by atoms with Gasteiger partial charge in [-0.3, -0.25) is 15.6 Å². The van der Waals surface area contributed by atoms with Crippen LogP contribution >= 0.6 is 0 Å². The highest BCUT2D eigenvalue weighted by Crippen LogP contribution is 2.27. The molecule has 1 aromatic heterocycles. The van der Waals surface area contributed by atoms with Crippen LogP contribution < -0.4 is 15.6 Å². The predicted octanol–water partition coefficient (Wildman–Crippen LogP) is 1.90. The minimum absolute atomic E-state index is 0.0312. The SMILES string of the molecule is C=C(NNC(=O)c1ccco1)c1ccc(O)c(OC)c1. The van der Waals surface area contributed by atoms with Crippen molar-refractivity contribution in [3.63, 3.8) is 0 Å². The van der Waals surface area contributed by atoms with E-state index in [2.05, 4.69) is 17.4 Å². The molecule has 0 radical (unpaired) electrons. The molecule has 6 nitrogen and oxygen atoms in total. The van der Waals surface area contributed by atoms with Crippen molar-refractivity contribution in [2.24, 2.45) is 0 Å². The Balaban J connectivity index is 2.00. The average Bonchev–Trinajstić information content (AvgIpc) is 2.99. The van der Waals surface area contributed by atoms with Gasteiger partial charge < -0.3 is 14.3 Å². The maximum Gasteiger partial charge on any atom is 0.305 e. The Morgan fingerprint density at radius 1 is 1.35 bits per heavy atom. The normalized spacial score (nSPS) is 9.85. The summed E-state index contributed by atoms with van der Waals surface area (Å²) in [5.74, 6) is 0.127. The van der Waals surface area contributed by atoms with E-state index in [1.165, 1.54) is 19.4 Å². The summed E-state index contributed by atoms with van der Waals surface area (Å²) in [6, 6.07) is 7.89. The third-order valence-corrected chi connectivity index (χ3v) is 2.60. The van der Waals surface area contributed by atoms with Crippen LogP contribution in [0.3, 0.4) is 0 Å². The van der Waals surface area contributed by atoms with Gasteiger partial charge in [-0.1, -0.05) is 6.58 Å². The molecule has 0 aliphatic carbocycles. The molecule has 1 aromatic carbocycles. The number of nitrogens with one attached hydrogen (secondary N) is 2. The van der Waals surface area contributed by atoms with Crippen molar-refractivity contribution >= 4 is 11.6 Å². The molecule has 2 aromatic rings. The van der Waals surface area contributed by atoms with Crippen molar-refractivity contribution in [2.45, 2.75) is 0 Å². The van der Waals surface area contributed by atoms with Crippen LogP contribution in [0.15, 0.2) is 47.6 Å². The van der Waals surface area contributed by atoms with Gasteiger partial charge in [-0.25, -0.2) is 0 Å². The van der Waals surface area contributed by atoms with Gasteiger partial charge in [0.05, 0.1) is 19.1 Å². The number of aromatic hydroxyl groups is 1. The zero-order chi connectivity index (χ0) is 14.5. The highest BCUT2D eigenvalue weighted by Gasteiger charge is 2.09. The summed E-state index contributed by atoms with van der Waals surface area (Å²) in [6.45, 7) is 3.79. The number of hydrazine groups is 1. The molecule has 2 rings (SSSR count). The van der Waals surface area contributed by atoms with Crippen molar-refractivity contribution in [1.82, 2.24) is 10.9 Å². The fourth-order valence-corrected chi connectivity index (χ4v) is 1.54. The lowest BCUT2D eigenvalue weighted by Crippen LogP contribution is -2.35. The van der Waals surface area contributed by atoms with Gasteiger partial charge >= 0.3 is 5.91 Å². The number of hydrogen-bond acceptors (Lipinski definition) is 5. The number of benzene rings is 1. The first kappa shape index (κ1) is 13.5. The van der Waals surface area contributed by atoms with Gasteiger partial charge in [0.2, 0.25) is 0 Å². The number of phenols is 1. The van der Waals surface area contributed by atoms with E-state index in [4.69, 9.17) is 9.15 Å². The first-order valence-corrected chi connectivity index (χ1v) is 5.78. The highest BCUT2D eigenvalue weighted by atomic mass is 16.5. The minimum atomic E-state index is -0.415. The van der Waals surface area contributed by atoms with E-state index in [0.29, 0.717) is 17.0 Å². The van der Waals surface area contributed by atoms with Crippen LogP contribution in [0.5, 0.6) is 11.5 Å². The molecular weight excluding hydrogens is 260 g/mol. The summed E-state index contributed by atoms with van der Waals surface area (Å²) >= 11 is 0. The van der Waals surface area contributed by atoms with E-state index in [0.717, 1.165) is 0 Å². The largest absolute Gasteiger partial charge is 0.504 e. The van der Waals surface area contributed by atoms with E-state index in [1.54, 1.807) is 24.3 Å². The quantitative estimate of drug-likeness (QED) is 0.725. The van der Waals surface area contributed by atoms with Crippen LogP contribution in [0, 0.1) is 0 Å². The monoisotopic (exact) mass is 274 g/mol. The van der Waals surface area contributed by atoms with Crippen molar-refractivity contribution in [3.05, 3.63) is 54.5 Å². The number of carbonyl (C=O) groups excluding carboxylic acids is 1. The molecule has 3 N–H and O–H groups in total. The number of phenolic OH excluding ortho intramolecular Hbond substituents is 1. The lowest BCUT2D eigenvalue weighted by atomic mass is 10.1. The third-order valence-electron chi connectivity index (χ3n) is 2.60. The van der Waals surface area contributed by atoms with E-state index in [-0.39, 0.29) is 11.5 Å². The summed E-state index contributed by atoms with van der Waals surface area (Å²) in [5, 5.41) is 9.50. The molecule has 6 heteroatoms. The van der Waals surface area contributed by atoms with Gasteiger partial charge in [0.1, 0.15) is 0 Å². The Bertz CT molecular complexity index is 620. The molecule has 0 aliphatic rings. The number of amides is 1. The first-order valence-electron chi connectivity index (χ1n) is 5.78. The van der Waals surface area contributed by atoms with E-state index in [9.17, 15) is 9.90 Å². The topological polar surface area (TPSA) is 83.7 Å². The van der Waals surface area contributed by atoms with Crippen molar-refractivity contribution < 1.29 is 19.1 Å². The van der Waals surface area contributed by atoms with E-state index >= 15 is 0 Å². The maximum absolute atomic E-state index is 11.6. The van der Waals surface area contributed by atoms with Crippen molar-refractivity contribution in [1.29, 1.82) is 0 Å². The molecule has 0 aliphatic heterocycles. The minimum Gasteiger partial charge on any atom is -0.504 e. The van der Waals surface area contributed by atoms with Crippen LogP contribution in [-0.4, -0.2) is 18.1 Å². The summed E-state index contributed by atoms with van der Waals surface area (Å²) in [5.41, 5.74) is 6.23. The second kappa shape index (κ2) is 5.83. The fourth-order valence-electron chi connectivity index (χ4n) is 1.54. The molecule has 0 spiro atoms. The van der Waals surface area contributed by atoms with Crippen molar-refractivity contribution in [3.8, 4) is 11.5 Å². The Morgan fingerprint density at radius 3 is 2.80 bits per heavy atom. The standard InChI is InChI=1S/C14H14N2O4/c1-9(10-5-6-11(17)13(8-10)19-2)15-16-14(18)12-4-3-7-20-12/h3-8,15,17H,1H2,2H3,(H,16,18). The van der Waals surface area contributed by atoms with E-state index < -0.39 is 5.91 Å². The molecule has 0 atom stereocenters. The van der Waals surface area contributed by atoms with Crippen LogP contribution in [0.1, 0.15) is 16.1 Å². The molecule has 0 unspecified atom stereocenters. The van der Waals surface area contributed by atoms with Gasteiger partial charge in [0, 0.05) is 5.56 Å². The zero-order valence-corrected chi connectivity index (χ0v) is 10.8. The van der Waals surface area contributed by atoms with Gasteiger partial charge in [0.15, 0.2) is 17.3 Å². The molecule has 0 saturated carbocycles. The number of hydrogen-bond donors (Lipinski definition) is 3. The number of carbonyl (C=O) groups is 1. The summed E-state index contributed by atoms with van der Waals surface area (Å²) in [4.78, 5) is 11.6. The smallest absolute Gasteiger partial charge is 0.305 e.